The highest BCUT2D eigenvalue weighted by Gasteiger charge is 2.42. The van der Waals surface area contributed by atoms with Crippen LogP contribution >= 0.6 is 0 Å². The maximum Gasteiger partial charge on any atom is 0.393 e. The first kappa shape index (κ1) is 16.2. The molecule has 0 radical (unpaired) electrons. The highest BCUT2D eigenvalue weighted by molar-refractivity contribution is 5.21. The first-order valence-electron chi connectivity index (χ1n) is 6.70. The van der Waals surface area contributed by atoms with Crippen molar-refractivity contribution in [1.29, 1.82) is 0 Å². The van der Waals surface area contributed by atoms with Crippen molar-refractivity contribution < 1.29 is 27.1 Å². The molecule has 1 aliphatic rings. The summed E-state index contributed by atoms with van der Waals surface area (Å²) in [5.41, 5.74) is -0.232. The van der Waals surface area contributed by atoms with Crippen LogP contribution in [-0.2, 0) is 0 Å². The van der Waals surface area contributed by atoms with Crippen LogP contribution in [0.25, 0.3) is 0 Å². The molecular formula is C14H16F5NO. The molecule has 1 aromatic carbocycles. The lowest BCUT2D eigenvalue weighted by molar-refractivity contribution is -0.187. The van der Waals surface area contributed by atoms with Crippen molar-refractivity contribution >= 4 is 0 Å². The first-order chi connectivity index (χ1) is 9.79. The summed E-state index contributed by atoms with van der Waals surface area (Å²) < 4.78 is 64.7. The molecule has 1 saturated heterocycles. The van der Waals surface area contributed by atoms with Gasteiger partial charge in [-0.05, 0) is 25.5 Å². The molecule has 1 N–H and O–H groups in total. The van der Waals surface area contributed by atoms with Crippen LogP contribution in [0.4, 0.5) is 22.0 Å². The van der Waals surface area contributed by atoms with Crippen molar-refractivity contribution in [2.45, 2.75) is 25.1 Å². The van der Waals surface area contributed by atoms with E-state index >= 15 is 0 Å². The highest BCUT2D eigenvalue weighted by Crippen LogP contribution is 2.33. The number of hydrogen-bond donors (Lipinski definition) is 1. The van der Waals surface area contributed by atoms with Crippen LogP contribution in [0.15, 0.2) is 18.2 Å². The predicted octanol–water partition coefficient (Wildman–Crippen LogP) is 3.27. The summed E-state index contributed by atoms with van der Waals surface area (Å²) in [6, 6.07) is 3.41. The zero-order valence-electron chi connectivity index (χ0n) is 11.2. The van der Waals surface area contributed by atoms with Crippen LogP contribution < -0.4 is 0 Å². The SMILES string of the molecule is OC(CN1CCCC(C(F)(F)F)C1)c1cccc(F)c1F. The number of rotatable bonds is 3. The zero-order valence-corrected chi connectivity index (χ0v) is 11.2. The molecule has 2 rings (SSSR count). The summed E-state index contributed by atoms with van der Waals surface area (Å²) in [7, 11) is 0. The number of piperidine rings is 1. The molecule has 1 aliphatic heterocycles. The second-order valence-corrected chi connectivity index (χ2v) is 5.30. The fraction of sp³-hybridized carbons (Fsp3) is 0.571. The van der Waals surface area contributed by atoms with Crippen molar-refractivity contribution in [2.24, 2.45) is 5.92 Å². The first-order valence-corrected chi connectivity index (χ1v) is 6.70. The van der Waals surface area contributed by atoms with Crippen LogP contribution in [0.1, 0.15) is 24.5 Å². The van der Waals surface area contributed by atoms with Crippen molar-refractivity contribution in [2.75, 3.05) is 19.6 Å². The molecule has 0 spiro atoms. The van der Waals surface area contributed by atoms with Gasteiger partial charge in [0.05, 0.1) is 12.0 Å². The summed E-state index contributed by atoms with van der Waals surface area (Å²) in [5.74, 6) is -3.68. The van der Waals surface area contributed by atoms with E-state index in [-0.39, 0.29) is 25.1 Å². The summed E-state index contributed by atoms with van der Waals surface area (Å²) in [6.45, 7) is 0.0328. The van der Waals surface area contributed by atoms with Crippen LogP contribution in [0.3, 0.4) is 0 Å². The van der Waals surface area contributed by atoms with Crippen LogP contribution in [-0.4, -0.2) is 35.8 Å². The molecule has 2 nitrogen and oxygen atoms in total. The fourth-order valence-corrected chi connectivity index (χ4v) is 2.61. The molecule has 0 bridgehead atoms. The lowest BCUT2D eigenvalue weighted by atomic mass is 9.96. The van der Waals surface area contributed by atoms with E-state index in [0.717, 1.165) is 6.07 Å². The van der Waals surface area contributed by atoms with E-state index in [1.165, 1.54) is 17.0 Å². The van der Waals surface area contributed by atoms with E-state index in [9.17, 15) is 27.1 Å². The minimum atomic E-state index is -4.27. The molecule has 7 heteroatoms. The van der Waals surface area contributed by atoms with E-state index < -0.39 is 29.8 Å². The number of β-amino-alcohol motifs (C(OH)–C–C–N with tert-alkyl or cyclic N) is 1. The minimum absolute atomic E-state index is 0.0599. The number of likely N-dealkylation sites (tertiary alicyclic amines) is 1. The zero-order chi connectivity index (χ0) is 15.6. The summed E-state index contributed by atoms with van der Waals surface area (Å²) in [4.78, 5) is 1.44. The van der Waals surface area contributed by atoms with Crippen molar-refractivity contribution in [3.05, 3.63) is 35.4 Å². The second kappa shape index (κ2) is 6.27. The van der Waals surface area contributed by atoms with Gasteiger partial charge in [-0.3, -0.25) is 4.90 Å². The van der Waals surface area contributed by atoms with Gasteiger partial charge in [0.15, 0.2) is 11.6 Å². The molecule has 0 aromatic heterocycles. The lowest BCUT2D eigenvalue weighted by Crippen LogP contribution is -2.43. The van der Waals surface area contributed by atoms with E-state index in [2.05, 4.69) is 0 Å². The highest BCUT2D eigenvalue weighted by atomic mass is 19.4. The number of aliphatic hydroxyl groups is 1. The van der Waals surface area contributed by atoms with Gasteiger partial charge < -0.3 is 5.11 Å². The monoisotopic (exact) mass is 309 g/mol. The van der Waals surface area contributed by atoms with E-state index in [4.69, 9.17) is 0 Å². The van der Waals surface area contributed by atoms with Crippen LogP contribution in [0, 0.1) is 17.6 Å². The molecule has 0 aliphatic carbocycles. The van der Waals surface area contributed by atoms with Gasteiger partial charge in [0.2, 0.25) is 0 Å². The van der Waals surface area contributed by atoms with Crippen molar-refractivity contribution in [3.63, 3.8) is 0 Å². The van der Waals surface area contributed by atoms with Gasteiger partial charge in [0.25, 0.3) is 0 Å². The molecular weight excluding hydrogens is 293 g/mol. The second-order valence-electron chi connectivity index (χ2n) is 5.30. The van der Waals surface area contributed by atoms with Gasteiger partial charge in [0.1, 0.15) is 0 Å². The molecule has 2 atom stereocenters. The summed E-state index contributed by atoms with van der Waals surface area (Å²) in [6.07, 6.45) is -5.20. The lowest BCUT2D eigenvalue weighted by Gasteiger charge is -2.34. The Morgan fingerprint density at radius 3 is 2.67 bits per heavy atom. The van der Waals surface area contributed by atoms with Crippen LogP contribution in [0.5, 0.6) is 0 Å². The smallest absolute Gasteiger partial charge is 0.387 e. The Kier molecular flexibility index (Phi) is 4.83. The Bertz CT molecular complexity index is 491. The Morgan fingerprint density at radius 1 is 1.29 bits per heavy atom. The topological polar surface area (TPSA) is 23.5 Å². The number of nitrogens with zero attached hydrogens (tertiary/aromatic N) is 1. The van der Waals surface area contributed by atoms with Gasteiger partial charge in [-0.2, -0.15) is 13.2 Å². The van der Waals surface area contributed by atoms with Gasteiger partial charge >= 0.3 is 6.18 Å². The molecule has 0 amide bonds. The molecule has 21 heavy (non-hydrogen) atoms. The average Bonchev–Trinajstić information content (AvgIpc) is 2.41. The molecule has 0 saturated carbocycles. The molecule has 118 valence electrons. The largest absolute Gasteiger partial charge is 0.393 e. The summed E-state index contributed by atoms with van der Waals surface area (Å²) in [5, 5.41) is 9.94. The third-order valence-electron chi connectivity index (χ3n) is 3.74. The van der Waals surface area contributed by atoms with Gasteiger partial charge in [-0.1, -0.05) is 12.1 Å². The van der Waals surface area contributed by atoms with Crippen molar-refractivity contribution in [1.82, 2.24) is 4.90 Å². The van der Waals surface area contributed by atoms with E-state index in [1.807, 2.05) is 0 Å². The predicted molar refractivity (Wildman–Crippen MR) is 66.5 cm³/mol. The average molecular weight is 309 g/mol. The number of halogens is 5. The normalized spacial score (nSPS) is 22.3. The Morgan fingerprint density at radius 2 is 2.00 bits per heavy atom. The molecule has 2 unspecified atom stereocenters. The minimum Gasteiger partial charge on any atom is -0.387 e. The van der Waals surface area contributed by atoms with Crippen molar-refractivity contribution in [3.8, 4) is 0 Å². The molecule has 1 heterocycles. The van der Waals surface area contributed by atoms with Gasteiger partial charge in [0, 0.05) is 18.7 Å². The third-order valence-corrected chi connectivity index (χ3v) is 3.74. The van der Waals surface area contributed by atoms with E-state index in [0.29, 0.717) is 13.0 Å². The Balaban J connectivity index is 2.02. The third kappa shape index (κ3) is 3.91. The summed E-state index contributed by atoms with van der Waals surface area (Å²) >= 11 is 0. The number of aliphatic hydroxyl groups excluding tert-OH is 1. The quantitative estimate of drug-likeness (QED) is 0.866. The number of alkyl halides is 3. The molecule has 1 fully saturated rings. The Labute approximate surface area is 119 Å². The van der Waals surface area contributed by atoms with Gasteiger partial charge in [-0.25, -0.2) is 8.78 Å². The Hall–Kier alpha value is -1.21. The molecule has 1 aromatic rings. The maximum atomic E-state index is 13.5. The maximum absolute atomic E-state index is 13.5. The van der Waals surface area contributed by atoms with Gasteiger partial charge in [-0.15, -0.1) is 0 Å². The number of hydrogen-bond acceptors (Lipinski definition) is 2. The fourth-order valence-electron chi connectivity index (χ4n) is 2.61. The van der Waals surface area contributed by atoms with E-state index in [1.54, 1.807) is 0 Å². The standard InChI is InChI=1S/C14H16F5NO/c15-11-5-1-4-10(13(11)16)12(21)8-20-6-2-3-9(7-20)14(17,18)19/h1,4-5,9,12,21H,2-3,6-8H2. The van der Waals surface area contributed by atoms with Crippen LogP contribution in [0.2, 0.25) is 0 Å². The number of benzene rings is 1.